The zero-order chi connectivity index (χ0) is 14.7. The summed E-state index contributed by atoms with van der Waals surface area (Å²) in [6.07, 6.45) is 3.61. The lowest BCUT2D eigenvalue weighted by Crippen LogP contribution is -2.40. The quantitative estimate of drug-likeness (QED) is 0.906. The maximum absolute atomic E-state index is 9.70. The number of rotatable bonds is 3. The molecular formula is C19H23NO. The fraction of sp³-hybridized carbons (Fsp3) is 0.368. The third-order valence-corrected chi connectivity index (χ3v) is 4.56. The van der Waals surface area contributed by atoms with E-state index in [2.05, 4.69) is 48.5 Å². The molecule has 3 rings (SSSR count). The van der Waals surface area contributed by atoms with Crippen LogP contribution < -0.4 is 5.73 Å². The molecule has 2 aromatic rings. The minimum Gasteiger partial charge on any atom is -0.392 e. The molecule has 0 saturated heterocycles. The van der Waals surface area contributed by atoms with Gasteiger partial charge in [-0.05, 0) is 48.3 Å². The summed E-state index contributed by atoms with van der Waals surface area (Å²) in [7, 11) is 0. The standard InChI is InChI=1S/C19H23NO/c20-18-13-15(8-11-19(18)21)12-14-6-9-17(10-7-14)16-4-2-1-3-5-16/h1-7,9-10,15,18-19,21H,8,11-13,20H2/t15-,18-,19-/m0/s1. The number of hydrogen-bond donors (Lipinski definition) is 2. The van der Waals surface area contributed by atoms with Crippen LogP contribution >= 0.6 is 0 Å². The first-order valence-corrected chi connectivity index (χ1v) is 7.80. The van der Waals surface area contributed by atoms with E-state index in [1.54, 1.807) is 0 Å². The average molecular weight is 281 g/mol. The molecule has 21 heavy (non-hydrogen) atoms. The fourth-order valence-electron chi connectivity index (χ4n) is 3.26. The second kappa shape index (κ2) is 6.42. The van der Waals surface area contributed by atoms with Crippen LogP contribution in [-0.2, 0) is 6.42 Å². The summed E-state index contributed by atoms with van der Waals surface area (Å²) < 4.78 is 0. The van der Waals surface area contributed by atoms with E-state index >= 15 is 0 Å². The summed E-state index contributed by atoms with van der Waals surface area (Å²) in [5.41, 5.74) is 9.85. The molecule has 0 radical (unpaired) electrons. The molecule has 2 nitrogen and oxygen atoms in total. The average Bonchev–Trinajstić information content (AvgIpc) is 2.53. The van der Waals surface area contributed by atoms with Gasteiger partial charge >= 0.3 is 0 Å². The topological polar surface area (TPSA) is 46.2 Å². The summed E-state index contributed by atoms with van der Waals surface area (Å²) >= 11 is 0. The van der Waals surface area contributed by atoms with Crippen molar-refractivity contribution < 1.29 is 5.11 Å². The molecule has 110 valence electrons. The highest BCUT2D eigenvalue weighted by Crippen LogP contribution is 2.27. The van der Waals surface area contributed by atoms with Crippen LogP contribution in [0.3, 0.4) is 0 Å². The number of aliphatic hydroxyl groups excluding tert-OH is 1. The Balaban J connectivity index is 1.65. The molecule has 1 saturated carbocycles. The van der Waals surface area contributed by atoms with E-state index in [9.17, 15) is 5.11 Å². The van der Waals surface area contributed by atoms with Crippen LogP contribution in [0.25, 0.3) is 11.1 Å². The molecule has 3 atom stereocenters. The van der Waals surface area contributed by atoms with Crippen LogP contribution in [0.2, 0.25) is 0 Å². The van der Waals surface area contributed by atoms with E-state index in [1.165, 1.54) is 16.7 Å². The van der Waals surface area contributed by atoms with Gasteiger partial charge in [-0.25, -0.2) is 0 Å². The molecule has 3 N–H and O–H groups in total. The van der Waals surface area contributed by atoms with Crippen molar-refractivity contribution in [3.8, 4) is 11.1 Å². The summed E-state index contributed by atoms with van der Waals surface area (Å²) in [6.45, 7) is 0. The first-order chi connectivity index (χ1) is 10.2. The van der Waals surface area contributed by atoms with Crippen molar-refractivity contribution in [2.24, 2.45) is 11.7 Å². The molecule has 1 aliphatic rings. The fourth-order valence-corrected chi connectivity index (χ4v) is 3.26. The molecule has 0 aromatic heterocycles. The number of aliphatic hydroxyl groups is 1. The van der Waals surface area contributed by atoms with Crippen LogP contribution in [0.5, 0.6) is 0 Å². The van der Waals surface area contributed by atoms with E-state index in [0.717, 1.165) is 25.7 Å². The number of benzene rings is 2. The zero-order valence-corrected chi connectivity index (χ0v) is 12.3. The SMILES string of the molecule is N[C@H]1C[C@H](Cc2ccc(-c3ccccc3)cc2)CC[C@@H]1O. The Morgan fingerprint density at radius 1 is 0.905 bits per heavy atom. The molecule has 2 heteroatoms. The van der Waals surface area contributed by atoms with E-state index in [1.807, 2.05) is 6.07 Å². The Labute approximate surface area is 126 Å². The number of hydrogen-bond acceptors (Lipinski definition) is 2. The summed E-state index contributed by atoms with van der Waals surface area (Å²) in [5, 5.41) is 9.70. The molecule has 1 aliphatic carbocycles. The summed E-state index contributed by atoms with van der Waals surface area (Å²) in [5.74, 6) is 0.603. The lowest BCUT2D eigenvalue weighted by Gasteiger charge is -2.30. The van der Waals surface area contributed by atoms with Crippen molar-refractivity contribution in [1.29, 1.82) is 0 Å². The highest BCUT2D eigenvalue weighted by molar-refractivity contribution is 5.63. The highest BCUT2D eigenvalue weighted by atomic mass is 16.3. The molecule has 0 unspecified atom stereocenters. The van der Waals surface area contributed by atoms with Gasteiger partial charge in [0.1, 0.15) is 0 Å². The molecule has 0 spiro atoms. The molecule has 1 fully saturated rings. The van der Waals surface area contributed by atoms with Crippen LogP contribution in [-0.4, -0.2) is 17.3 Å². The molecule has 0 amide bonds. The van der Waals surface area contributed by atoms with Gasteiger partial charge in [0.2, 0.25) is 0 Å². The first kappa shape index (κ1) is 14.3. The Bertz CT molecular complexity index is 564. The van der Waals surface area contributed by atoms with Gasteiger partial charge in [0.25, 0.3) is 0 Å². The third-order valence-electron chi connectivity index (χ3n) is 4.56. The maximum Gasteiger partial charge on any atom is 0.0691 e. The van der Waals surface area contributed by atoms with E-state index in [-0.39, 0.29) is 12.1 Å². The van der Waals surface area contributed by atoms with Gasteiger partial charge in [0.15, 0.2) is 0 Å². The number of nitrogens with two attached hydrogens (primary N) is 1. The Hall–Kier alpha value is -1.64. The van der Waals surface area contributed by atoms with Gasteiger partial charge in [0.05, 0.1) is 6.10 Å². The monoisotopic (exact) mass is 281 g/mol. The van der Waals surface area contributed by atoms with Crippen LogP contribution in [0.15, 0.2) is 54.6 Å². The highest BCUT2D eigenvalue weighted by Gasteiger charge is 2.26. The summed E-state index contributed by atoms with van der Waals surface area (Å²) in [4.78, 5) is 0. The zero-order valence-electron chi connectivity index (χ0n) is 12.3. The second-order valence-electron chi connectivity index (χ2n) is 6.18. The van der Waals surface area contributed by atoms with E-state index in [4.69, 9.17) is 5.73 Å². The van der Waals surface area contributed by atoms with Gasteiger partial charge in [-0.3, -0.25) is 0 Å². The molecule has 0 bridgehead atoms. The normalized spacial score (nSPS) is 25.7. The largest absolute Gasteiger partial charge is 0.392 e. The Kier molecular flexibility index (Phi) is 4.37. The van der Waals surface area contributed by atoms with E-state index < -0.39 is 0 Å². The molecule has 2 aromatic carbocycles. The van der Waals surface area contributed by atoms with Crippen LogP contribution in [0.1, 0.15) is 24.8 Å². The molecule has 0 heterocycles. The molecule has 0 aliphatic heterocycles. The van der Waals surface area contributed by atoms with E-state index in [0.29, 0.717) is 5.92 Å². The smallest absolute Gasteiger partial charge is 0.0691 e. The van der Waals surface area contributed by atoms with Gasteiger partial charge in [-0.1, -0.05) is 54.6 Å². The van der Waals surface area contributed by atoms with Crippen molar-refractivity contribution in [2.45, 2.75) is 37.8 Å². The van der Waals surface area contributed by atoms with Gasteiger partial charge < -0.3 is 10.8 Å². The Morgan fingerprint density at radius 3 is 2.24 bits per heavy atom. The third kappa shape index (κ3) is 3.52. The van der Waals surface area contributed by atoms with Crippen molar-refractivity contribution in [3.63, 3.8) is 0 Å². The van der Waals surface area contributed by atoms with Crippen LogP contribution in [0, 0.1) is 5.92 Å². The van der Waals surface area contributed by atoms with Crippen molar-refractivity contribution in [3.05, 3.63) is 60.2 Å². The molecular weight excluding hydrogens is 258 g/mol. The first-order valence-electron chi connectivity index (χ1n) is 7.80. The van der Waals surface area contributed by atoms with Crippen molar-refractivity contribution >= 4 is 0 Å². The lowest BCUT2D eigenvalue weighted by atomic mass is 9.81. The van der Waals surface area contributed by atoms with Gasteiger partial charge in [0, 0.05) is 6.04 Å². The van der Waals surface area contributed by atoms with Crippen LogP contribution in [0.4, 0.5) is 0 Å². The Morgan fingerprint density at radius 2 is 1.57 bits per heavy atom. The predicted octanol–water partition coefficient (Wildman–Crippen LogP) is 3.38. The summed E-state index contributed by atoms with van der Waals surface area (Å²) in [6, 6.07) is 19.2. The second-order valence-corrected chi connectivity index (χ2v) is 6.18. The lowest BCUT2D eigenvalue weighted by molar-refractivity contribution is 0.0867. The maximum atomic E-state index is 9.70. The van der Waals surface area contributed by atoms with Gasteiger partial charge in [-0.15, -0.1) is 0 Å². The predicted molar refractivity (Wildman–Crippen MR) is 86.9 cm³/mol. The van der Waals surface area contributed by atoms with Crippen molar-refractivity contribution in [2.75, 3.05) is 0 Å². The minimum atomic E-state index is -0.304. The van der Waals surface area contributed by atoms with Crippen molar-refractivity contribution in [1.82, 2.24) is 0 Å². The van der Waals surface area contributed by atoms with Gasteiger partial charge in [-0.2, -0.15) is 0 Å². The minimum absolute atomic E-state index is 0.0488.